The normalized spacial score (nSPS) is 12.4. The molecular formula is C37H43Cl2N3O8S2. The van der Waals surface area contributed by atoms with E-state index in [4.69, 9.17) is 32.4 Å². The maximum absolute atomic E-state index is 11.8. The van der Waals surface area contributed by atoms with Crippen LogP contribution in [0.15, 0.2) is 82.4 Å². The largest absolute Gasteiger partial charge is 0.748 e. The van der Waals surface area contributed by atoms with Crippen LogP contribution in [0.2, 0.25) is 10.0 Å². The van der Waals surface area contributed by atoms with Gasteiger partial charge in [-0.05, 0) is 39.0 Å². The van der Waals surface area contributed by atoms with Crippen LogP contribution >= 0.6 is 23.2 Å². The summed E-state index contributed by atoms with van der Waals surface area (Å²) in [6.45, 7) is 10.6. The molecule has 0 atom stereocenters. The first-order chi connectivity index (χ1) is 23.7. The van der Waals surface area contributed by atoms with E-state index >= 15 is 0 Å². The van der Waals surface area contributed by atoms with E-state index in [1.165, 1.54) is 36.3 Å². The summed E-state index contributed by atoms with van der Waals surface area (Å²) in [5, 5.41) is 3.50. The SMILES string of the molecule is C.C.CC[NH+](CC)CC.O=S(=O)([O-])CCCN1C(=C=C=Cc2oc3c4ccccc4c(Cl)cc3[n+]2CS(=O)(=O)[O-])Oc2c1cc(Cl)c1ccccc21. The van der Waals surface area contributed by atoms with Crippen molar-refractivity contribution in [2.24, 2.45) is 0 Å². The maximum Gasteiger partial charge on any atom is 0.383 e. The molecule has 5 aromatic rings. The number of hydrogen-bond acceptors (Lipinski definition) is 9. The van der Waals surface area contributed by atoms with Crippen LogP contribution in [0.25, 0.3) is 38.7 Å². The van der Waals surface area contributed by atoms with Gasteiger partial charge in [0, 0.05) is 39.9 Å². The van der Waals surface area contributed by atoms with Gasteiger partial charge in [-0.15, -0.1) is 4.57 Å². The molecule has 0 aliphatic carbocycles. The van der Waals surface area contributed by atoms with Crippen molar-refractivity contribution in [3.63, 3.8) is 0 Å². The second-order valence-corrected chi connectivity index (χ2v) is 15.2. The molecule has 2 heterocycles. The van der Waals surface area contributed by atoms with Crippen LogP contribution in [0.1, 0.15) is 47.9 Å². The van der Waals surface area contributed by atoms with Gasteiger partial charge < -0.3 is 28.1 Å². The van der Waals surface area contributed by atoms with Crippen molar-refractivity contribution in [2.45, 2.75) is 47.9 Å². The predicted molar refractivity (Wildman–Crippen MR) is 206 cm³/mol. The third-order valence-electron chi connectivity index (χ3n) is 8.29. The van der Waals surface area contributed by atoms with Gasteiger partial charge in [-0.25, -0.2) is 16.8 Å². The van der Waals surface area contributed by atoms with Crippen molar-refractivity contribution >= 4 is 87.8 Å². The molecule has 0 saturated carbocycles. The zero-order chi connectivity index (χ0) is 36.2. The second-order valence-electron chi connectivity index (χ2n) is 11.5. The summed E-state index contributed by atoms with van der Waals surface area (Å²) in [4.78, 5) is 3.29. The predicted octanol–water partition coefficient (Wildman–Crippen LogP) is 6.48. The summed E-state index contributed by atoms with van der Waals surface area (Å²) < 4.78 is 82.4. The molecule has 0 bridgehead atoms. The van der Waals surface area contributed by atoms with Gasteiger partial charge in [-0.2, -0.15) is 0 Å². The number of nitrogens with zero attached hydrogens (tertiary/aromatic N) is 2. The van der Waals surface area contributed by atoms with Gasteiger partial charge >= 0.3 is 5.89 Å². The smallest absolute Gasteiger partial charge is 0.383 e. The summed E-state index contributed by atoms with van der Waals surface area (Å²) in [5.41, 5.74) is 6.79. The summed E-state index contributed by atoms with van der Waals surface area (Å²) in [6, 6.07) is 17.6. The lowest BCUT2D eigenvalue weighted by Gasteiger charge is -2.17. The molecule has 15 heteroatoms. The number of benzene rings is 4. The lowest BCUT2D eigenvalue weighted by atomic mass is 10.1. The Labute approximate surface area is 315 Å². The van der Waals surface area contributed by atoms with Gasteiger partial charge in [-0.1, -0.05) is 92.3 Å². The maximum atomic E-state index is 11.8. The Balaban J connectivity index is 0.000000738. The lowest BCUT2D eigenvalue weighted by Crippen LogP contribution is -3.11. The first kappa shape index (κ1) is 42.5. The Morgan fingerprint density at radius 2 is 1.40 bits per heavy atom. The van der Waals surface area contributed by atoms with E-state index < -0.39 is 31.9 Å². The molecule has 1 N–H and O–H groups in total. The average Bonchev–Trinajstić information content (AvgIpc) is 3.58. The molecule has 1 aromatic heterocycles. The molecule has 11 nitrogen and oxygen atoms in total. The molecule has 6 rings (SSSR count). The molecule has 0 amide bonds. The summed E-state index contributed by atoms with van der Waals surface area (Å²) in [6.07, 6.45) is 1.28. The van der Waals surface area contributed by atoms with Crippen LogP contribution < -0.4 is 19.1 Å². The topological polar surface area (TPSA) is 148 Å². The third kappa shape index (κ3) is 9.76. The highest BCUT2D eigenvalue weighted by Gasteiger charge is 2.30. The van der Waals surface area contributed by atoms with Gasteiger partial charge in [0.15, 0.2) is 15.9 Å². The van der Waals surface area contributed by atoms with E-state index in [1.54, 1.807) is 40.1 Å². The van der Waals surface area contributed by atoms with Crippen molar-refractivity contribution in [3.05, 3.63) is 93.9 Å². The molecule has 0 fully saturated rings. The van der Waals surface area contributed by atoms with Crippen molar-refractivity contribution in [1.82, 2.24) is 0 Å². The number of ether oxygens (including phenoxy) is 1. The molecule has 1 aliphatic rings. The van der Waals surface area contributed by atoms with Gasteiger partial charge in [0.2, 0.25) is 11.5 Å². The highest BCUT2D eigenvalue weighted by molar-refractivity contribution is 7.85. The summed E-state index contributed by atoms with van der Waals surface area (Å²) in [7, 11) is -9.20. The molecule has 4 aromatic carbocycles. The molecule has 280 valence electrons. The van der Waals surface area contributed by atoms with Crippen LogP contribution in [0.3, 0.4) is 0 Å². The number of oxazole rings is 1. The van der Waals surface area contributed by atoms with Gasteiger partial charge in [-0.3, -0.25) is 0 Å². The molecule has 52 heavy (non-hydrogen) atoms. The standard InChI is InChI=1S/C29H20Cl2N2O8S2.C6H15N.2CH4/c30-22-15-24-28(20-9-3-1-7-18(20)22)40-26(32(24)13-6-14-42(34,35)36)11-5-12-27-33(17-43(37,38)39)25-16-23(31)19-8-2-4-10-21(19)29(25)41-27;1-4-7(5-2)6-3;;/h1-4,7-10,12,15-16H,6,13-14,17H2,(H-,34,35,36,37,38,39);4-6H2,1-3H3;2*1H4. The lowest BCUT2D eigenvalue weighted by molar-refractivity contribution is -0.894. The zero-order valence-electron chi connectivity index (χ0n) is 27.5. The molecule has 0 unspecified atom stereocenters. The van der Waals surface area contributed by atoms with E-state index in [-0.39, 0.29) is 45.1 Å². The van der Waals surface area contributed by atoms with Gasteiger partial charge in [0.1, 0.15) is 6.08 Å². The number of fused-ring (bicyclic) bond motifs is 6. The van der Waals surface area contributed by atoms with Crippen LogP contribution in [0, 0.1) is 0 Å². The number of rotatable bonds is 10. The number of anilines is 1. The van der Waals surface area contributed by atoms with Gasteiger partial charge in [0.25, 0.3) is 11.4 Å². The van der Waals surface area contributed by atoms with Crippen molar-refractivity contribution in [2.75, 3.05) is 36.8 Å². The number of aromatic nitrogens is 1. The van der Waals surface area contributed by atoms with E-state index in [1.807, 2.05) is 24.3 Å². The fraction of sp³-hybridized carbons (Fsp3) is 0.324. The van der Waals surface area contributed by atoms with Crippen LogP contribution in [0.5, 0.6) is 5.75 Å². The molecule has 0 saturated heterocycles. The highest BCUT2D eigenvalue weighted by atomic mass is 35.5. The van der Waals surface area contributed by atoms with Crippen LogP contribution in [0.4, 0.5) is 5.69 Å². The third-order valence-corrected chi connectivity index (χ3v) is 10.3. The Morgan fingerprint density at radius 1 is 0.846 bits per heavy atom. The van der Waals surface area contributed by atoms with Crippen molar-refractivity contribution in [3.8, 4) is 5.75 Å². The van der Waals surface area contributed by atoms with E-state index in [2.05, 4.69) is 32.2 Å². The number of hydrogen-bond donors (Lipinski definition) is 1. The average molecular weight is 793 g/mol. The summed E-state index contributed by atoms with van der Waals surface area (Å²) >= 11 is 13.0. The van der Waals surface area contributed by atoms with Crippen molar-refractivity contribution in [1.29, 1.82) is 0 Å². The number of nitrogens with one attached hydrogen (secondary N) is 1. The fourth-order valence-corrected chi connectivity index (χ4v) is 7.36. The summed E-state index contributed by atoms with van der Waals surface area (Å²) in [5.74, 6) is -0.975. The first-order valence-electron chi connectivity index (χ1n) is 15.9. The Hall–Kier alpha value is -3.87. The second kappa shape index (κ2) is 17.8. The van der Waals surface area contributed by atoms with E-state index in [9.17, 15) is 25.9 Å². The highest BCUT2D eigenvalue weighted by Crippen LogP contribution is 2.46. The minimum atomic E-state index is -4.74. The molecule has 1 aliphatic heterocycles. The Bertz CT molecular complexity index is 2390. The fourth-order valence-electron chi connectivity index (χ4n) is 5.76. The molecule has 0 radical (unpaired) electrons. The molecular weight excluding hydrogens is 749 g/mol. The van der Waals surface area contributed by atoms with Crippen LogP contribution in [-0.4, -0.2) is 57.9 Å². The number of halogens is 2. The molecule has 0 spiro atoms. The quantitative estimate of drug-likeness (QED) is 0.0953. The Morgan fingerprint density at radius 3 is 1.96 bits per heavy atom. The minimum Gasteiger partial charge on any atom is -0.748 e. The van der Waals surface area contributed by atoms with E-state index in [0.29, 0.717) is 43.2 Å². The van der Waals surface area contributed by atoms with Crippen molar-refractivity contribution < 1.29 is 44.6 Å². The Kier molecular flexibility index (Phi) is 14.5. The zero-order valence-corrected chi connectivity index (χ0v) is 30.7. The van der Waals surface area contributed by atoms with E-state index in [0.717, 1.165) is 5.39 Å². The number of quaternary nitrogens is 1. The van der Waals surface area contributed by atoms with Crippen LogP contribution in [-0.2, 0) is 26.1 Å². The first-order valence-corrected chi connectivity index (χ1v) is 19.8. The minimum absolute atomic E-state index is 0. The van der Waals surface area contributed by atoms with Gasteiger partial charge in [0.05, 0.1) is 45.5 Å². The monoisotopic (exact) mass is 791 g/mol.